The van der Waals surface area contributed by atoms with Gasteiger partial charge in [0.1, 0.15) is 0 Å². The van der Waals surface area contributed by atoms with E-state index in [1.54, 1.807) is 12.1 Å². The van der Waals surface area contributed by atoms with Gasteiger partial charge in [-0.3, -0.25) is 4.79 Å². The Morgan fingerprint density at radius 3 is 2.82 bits per heavy atom. The van der Waals surface area contributed by atoms with Gasteiger partial charge in [0.25, 0.3) is 5.91 Å². The number of hydrogen-bond donors (Lipinski definition) is 1. The molecule has 0 saturated heterocycles. The second kappa shape index (κ2) is 6.21. The van der Waals surface area contributed by atoms with E-state index in [4.69, 9.17) is 11.6 Å². The molecule has 1 aliphatic rings. The number of hydrogen-bond acceptors (Lipinski definition) is 2. The van der Waals surface area contributed by atoms with E-state index in [9.17, 15) is 4.79 Å². The molecule has 1 heterocycles. The Hall–Kier alpha value is -0.0600. The molecule has 5 heteroatoms. The van der Waals surface area contributed by atoms with E-state index >= 15 is 0 Å². The molecule has 0 spiro atoms. The minimum absolute atomic E-state index is 0.00162. The Morgan fingerprint density at radius 2 is 2.12 bits per heavy atom. The van der Waals surface area contributed by atoms with Crippen LogP contribution in [0.3, 0.4) is 0 Å². The summed E-state index contributed by atoms with van der Waals surface area (Å²) < 4.78 is 0.659. The molecule has 17 heavy (non-hydrogen) atoms. The molecule has 1 N–H and O–H groups in total. The van der Waals surface area contributed by atoms with E-state index in [0.29, 0.717) is 14.0 Å². The van der Waals surface area contributed by atoms with Crippen molar-refractivity contribution in [2.24, 2.45) is 0 Å². The molecule has 0 radical (unpaired) electrons. The van der Waals surface area contributed by atoms with Crippen LogP contribution in [-0.4, -0.2) is 16.8 Å². The zero-order valence-corrected chi connectivity index (χ0v) is 12.6. The molecule has 2 rings (SSSR count). The number of thiophene rings is 1. The quantitative estimate of drug-likeness (QED) is 0.635. The molecule has 94 valence electrons. The number of carbonyl (C=O) groups is 1. The molecule has 1 amide bonds. The van der Waals surface area contributed by atoms with Gasteiger partial charge in [-0.1, -0.05) is 46.8 Å². The maximum atomic E-state index is 12.0. The van der Waals surface area contributed by atoms with Crippen molar-refractivity contribution >= 4 is 44.8 Å². The summed E-state index contributed by atoms with van der Waals surface area (Å²) in [7, 11) is 0. The van der Waals surface area contributed by atoms with E-state index in [1.807, 2.05) is 0 Å². The van der Waals surface area contributed by atoms with Crippen LogP contribution in [-0.2, 0) is 0 Å². The molecule has 0 aromatic carbocycles. The van der Waals surface area contributed by atoms with Gasteiger partial charge in [-0.25, -0.2) is 0 Å². The summed E-state index contributed by atoms with van der Waals surface area (Å²) >= 11 is 10.8. The Balaban J connectivity index is 1.97. The van der Waals surface area contributed by atoms with E-state index in [2.05, 4.69) is 21.2 Å². The van der Waals surface area contributed by atoms with Gasteiger partial charge in [-0.15, -0.1) is 11.3 Å². The third kappa shape index (κ3) is 3.70. The molecule has 0 aliphatic heterocycles. The predicted molar refractivity (Wildman–Crippen MR) is 76.4 cm³/mol. The third-order valence-corrected chi connectivity index (χ3v) is 5.37. The second-order valence-electron chi connectivity index (χ2n) is 4.34. The van der Waals surface area contributed by atoms with Crippen molar-refractivity contribution in [2.45, 2.75) is 43.0 Å². The zero-order chi connectivity index (χ0) is 12.3. The van der Waals surface area contributed by atoms with Crippen molar-refractivity contribution in [1.29, 1.82) is 0 Å². The highest BCUT2D eigenvalue weighted by atomic mass is 79.9. The summed E-state index contributed by atoms with van der Waals surface area (Å²) in [5.41, 5.74) is 0. The maximum absolute atomic E-state index is 12.0. The summed E-state index contributed by atoms with van der Waals surface area (Å²) in [6.45, 7) is 0. The fourth-order valence-electron chi connectivity index (χ4n) is 2.10. The molecule has 1 aromatic heterocycles. The largest absolute Gasteiger partial charge is 0.347 e. The molecule has 0 bridgehead atoms. The van der Waals surface area contributed by atoms with Crippen LogP contribution >= 0.6 is 38.9 Å². The lowest BCUT2D eigenvalue weighted by Gasteiger charge is -2.20. The molecule has 1 saturated carbocycles. The van der Waals surface area contributed by atoms with Crippen LogP contribution in [0.5, 0.6) is 0 Å². The predicted octanol–water partition coefficient (Wildman–Crippen LogP) is 4.23. The maximum Gasteiger partial charge on any atom is 0.261 e. The number of amides is 1. The summed E-state index contributed by atoms with van der Waals surface area (Å²) in [6, 6.07) is 3.79. The Kier molecular flexibility index (Phi) is 4.88. The van der Waals surface area contributed by atoms with E-state index in [-0.39, 0.29) is 11.9 Å². The summed E-state index contributed by atoms with van der Waals surface area (Å²) in [6.07, 6.45) is 5.89. The van der Waals surface area contributed by atoms with Gasteiger partial charge in [0, 0.05) is 10.9 Å². The highest BCUT2D eigenvalue weighted by Crippen LogP contribution is 2.25. The van der Waals surface area contributed by atoms with Gasteiger partial charge in [0.2, 0.25) is 0 Å². The minimum atomic E-state index is -0.00162. The van der Waals surface area contributed by atoms with Crippen LogP contribution in [0.25, 0.3) is 0 Å². The lowest BCUT2D eigenvalue weighted by Crippen LogP contribution is -2.39. The highest BCUT2D eigenvalue weighted by Gasteiger charge is 2.23. The van der Waals surface area contributed by atoms with Gasteiger partial charge in [-0.05, 0) is 25.0 Å². The molecule has 2 atom stereocenters. The van der Waals surface area contributed by atoms with Crippen molar-refractivity contribution in [1.82, 2.24) is 5.32 Å². The van der Waals surface area contributed by atoms with Crippen LogP contribution in [0, 0.1) is 0 Å². The van der Waals surface area contributed by atoms with E-state index < -0.39 is 0 Å². The SMILES string of the molecule is O=C(NC1CCCCCC1Br)c1ccc(Cl)s1. The number of halogens is 2. The Labute approximate surface area is 119 Å². The average Bonchev–Trinajstić information content (AvgIpc) is 2.63. The summed E-state index contributed by atoms with van der Waals surface area (Å²) in [4.78, 5) is 13.1. The van der Waals surface area contributed by atoms with Crippen LogP contribution < -0.4 is 5.32 Å². The molecular weight excluding hydrogens is 322 g/mol. The van der Waals surface area contributed by atoms with Gasteiger partial charge in [-0.2, -0.15) is 0 Å². The van der Waals surface area contributed by atoms with E-state index in [0.717, 1.165) is 12.8 Å². The first-order chi connectivity index (χ1) is 8.16. The molecule has 1 aromatic rings. The first-order valence-corrected chi connectivity index (χ1v) is 7.98. The van der Waals surface area contributed by atoms with Crippen molar-refractivity contribution in [3.05, 3.63) is 21.3 Å². The lowest BCUT2D eigenvalue weighted by molar-refractivity contribution is 0.0939. The fraction of sp³-hybridized carbons (Fsp3) is 0.583. The van der Waals surface area contributed by atoms with Gasteiger partial charge >= 0.3 is 0 Å². The summed E-state index contributed by atoms with van der Waals surface area (Å²) in [5.74, 6) is -0.00162. The first kappa shape index (κ1) is 13.4. The van der Waals surface area contributed by atoms with Crippen LogP contribution in [0.4, 0.5) is 0 Å². The topological polar surface area (TPSA) is 29.1 Å². The minimum Gasteiger partial charge on any atom is -0.347 e. The van der Waals surface area contributed by atoms with Crippen LogP contribution in [0.15, 0.2) is 12.1 Å². The molecule has 2 unspecified atom stereocenters. The number of carbonyl (C=O) groups excluding carboxylic acids is 1. The van der Waals surface area contributed by atoms with Crippen LogP contribution in [0.1, 0.15) is 41.8 Å². The fourth-order valence-corrected chi connectivity index (χ4v) is 3.77. The molecule has 2 nitrogen and oxygen atoms in total. The number of nitrogens with one attached hydrogen (secondary N) is 1. The van der Waals surface area contributed by atoms with Crippen molar-refractivity contribution < 1.29 is 4.79 Å². The summed E-state index contributed by atoms with van der Waals surface area (Å²) in [5, 5.41) is 3.10. The second-order valence-corrected chi connectivity index (χ2v) is 7.23. The normalized spacial score (nSPS) is 25.3. The zero-order valence-electron chi connectivity index (χ0n) is 9.42. The van der Waals surface area contributed by atoms with Gasteiger partial charge < -0.3 is 5.32 Å². The van der Waals surface area contributed by atoms with Gasteiger partial charge in [0.15, 0.2) is 0 Å². The smallest absolute Gasteiger partial charge is 0.261 e. The third-order valence-electron chi connectivity index (χ3n) is 3.05. The molecule has 1 fully saturated rings. The molecular formula is C12H15BrClNOS. The van der Waals surface area contributed by atoms with Crippen LogP contribution in [0.2, 0.25) is 4.34 Å². The highest BCUT2D eigenvalue weighted by molar-refractivity contribution is 9.09. The monoisotopic (exact) mass is 335 g/mol. The van der Waals surface area contributed by atoms with Gasteiger partial charge in [0.05, 0.1) is 9.21 Å². The number of rotatable bonds is 2. The Morgan fingerprint density at radius 1 is 1.35 bits per heavy atom. The van der Waals surface area contributed by atoms with Crippen molar-refractivity contribution in [3.63, 3.8) is 0 Å². The first-order valence-electron chi connectivity index (χ1n) is 5.87. The number of alkyl halides is 1. The molecule has 1 aliphatic carbocycles. The van der Waals surface area contributed by atoms with E-state index in [1.165, 1.54) is 30.6 Å². The standard InChI is InChI=1S/C12H15BrClNOS/c13-8-4-2-1-3-5-9(8)15-12(16)10-6-7-11(14)17-10/h6-9H,1-5H2,(H,15,16). The average molecular weight is 337 g/mol. The lowest BCUT2D eigenvalue weighted by atomic mass is 10.1. The van der Waals surface area contributed by atoms with Crippen molar-refractivity contribution in [3.8, 4) is 0 Å². The van der Waals surface area contributed by atoms with Crippen molar-refractivity contribution in [2.75, 3.05) is 0 Å². The Bertz CT molecular complexity index is 396.